The second-order valence-electron chi connectivity index (χ2n) is 4.69. The van der Waals surface area contributed by atoms with Gasteiger partial charge in [-0.05, 0) is 61.0 Å². The monoisotopic (exact) mass is 361 g/mol. The summed E-state index contributed by atoms with van der Waals surface area (Å²) in [5.41, 5.74) is 7.14. The summed E-state index contributed by atoms with van der Waals surface area (Å²) in [5, 5.41) is 7.74. The largest absolute Gasteiger partial charge is 0.331 e. The highest BCUT2D eigenvalue weighted by Crippen LogP contribution is 2.16. The second kappa shape index (κ2) is 7.33. The van der Waals surface area contributed by atoms with E-state index in [1.165, 1.54) is 5.56 Å². The molecule has 0 amide bonds. The molecule has 2 aromatic carbocycles. The van der Waals surface area contributed by atoms with Crippen molar-refractivity contribution in [3.8, 4) is 0 Å². The number of halogens is 1. The average Bonchev–Trinajstić information content (AvgIpc) is 2.45. The molecule has 21 heavy (non-hydrogen) atoms. The molecule has 5 heteroatoms. The van der Waals surface area contributed by atoms with Gasteiger partial charge in [0.25, 0.3) is 0 Å². The first-order valence-electron chi connectivity index (χ1n) is 6.47. The van der Waals surface area contributed by atoms with Gasteiger partial charge in [-0.25, -0.2) is 0 Å². The predicted molar refractivity (Wildman–Crippen MR) is 97.0 cm³/mol. The predicted octanol–water partition coefficient (Wildman–Crippen LogP) is 4.39. The van der Waals surface area contributed by atoms with Crippen molar-refractivity contribution in [3.05, 3.63) is 63.6 Å². The van der Waals surface area contributed by atoms with Crippen molar-refractivity contribution < 1.29 is 0 Å². The average molecular weight is 362 g/mol. The van der Waals surface area contributed by atoms with E-state index in [1.54, 1.807) is 6.21 Å². The molecule has 0 aliphatic heterocycles. The Morgan fingerprint density at radius 3 is 2.57 bits per heavy atom. The smallest absolute Gasteiger partial charge is 0.191 e. The summed E-state index contributed by atoms with van der Waals surface area (Å²) in [7, 11) is 0. The van der Waals surface area contributed by atoms with E-state index in [-0.39, 0.29) is 0 Å². The van der Waals surface area contributed by atoms with E-state index in [1.807, 2.05) is 38.1 Å². The topological polar surface area (TPSA) is 36.4 Å². The number of thiocarbonyl (C=S) groups is 1. The summed E-state index contributed by atoms with van der Waals surface area (Å²) in [5.74, 6) is 0. The number of aryl methyl sites for hydroxylation is 2. The van der Waals surface area contributed by atoms with Crippen LogP contribution in [0, 0.1) is 13.8 Å². The van der Waals surface area contributed by atoms with E-state index in [4.69, 9.17) is 12.2 Å². The highest BCUT2D eigenvalue weighted by molar-refractivity contribution is 9.10. The van der Waals surface area contributed by atoms with Crippen LogP contribution in [0.2, 0.25) is 0 Å². The van der Waals surface area contributed by atoms with Gasteiger partial charge in [-0.2, -0.15) is 5.10 Å². The quantitative estimate of drug-likeness (QED) is 0.483. The van der Waals surface area contributed by atoms with Crippen LogP contribution in [0.3, 0.4) is 0 Å². The Balaban J connectivity index is 1.93. The zero-order chi connectivity index (χ0) is 15.2. The van der Waals surface area contributed by atoms with Crippen molar-refractivity contribution in [2.24, 2.45) is 5.10 Å². The standard InChI is InChI=1S/C16H16BrN3S/c1-11-3-4-12(2)15(9-11)19-16(21)20-18-10-13-5-7-14(17)8-6-13/h3-10H,1-2H3,(H2,19,20,21)/b18-10-. The number of nitrogens with one attached hydrogen (secondary N) is 2. The van der Waals surface area contributed by atoms with Crippen LogP contribution in [0.25, 0.3) is 0 Å². The molecule has 0 aromatic heterocycles. The van der Waals surface area contributed by atoms with E-state index < -0.39 is 0 Å². The Kier molecular flexibility index (Phi) is 5.47. The first-order valence-corrected chi connectivity index (χ1v) is 7.67. The van der Waals surface area contributed by atoms with Gasteiger partial charge in [0.05, 0.1) is 6.21 Å². The maximum absolute atomic E-state index is 5.23. The molecule has 0 spiro atoms. The van der Waals surface area contributed by atoms with Crippen LogP contribution >= 0.6 is 28.1 Å². The summed E-state index contributed by atoms with van der Waals surface area (Å²) >= 11 is 8.63. The van der Waals surface area contributed by atoms with E-state index in [0.717, 1.165) is 21.3 Å². The highest BCUT2D eigenvalue weighted by Gasteiger charge is 2.00. The van der Waals surface area contributed by atoms with Crippen LogP contribution in [0.1, 0.15) is 16.7 Å². The molecule has 0 aliphatic rings. The van der Waals surface area contributed by atoms with Crippen molar-refractivity contribution >= 4 is 45.2 Å². The number of rotatable bonds is 3. The molecular formula is C16H16BrN3S. The molecule has 0 heterocycles. The third-order valence-corrected chi connectivity index (χ3v) is 3.61. The highest BCUT2D eigenvalue weighted by atomic mass is 79.9. The van der Waals surface area contributed by atoms with Crippen molar-refractivity contribution in [2.75, 3.05) is 5.32 Å². The molecule has 0 bridgehead atoms. The van der Waals surface area contributed by atoms with Crippen LogP contribution in [0.15, 0.2) is 52.0 Å². The van der Waals surface area contributed by atoms with Gasteiger partial charge in [0.1, 0.15) is 0 Å². The first kappa shape index (κ1) is 15.7. The number of benzene rings is 2. The molecule has 0 unspecified atom stereocenters. The fraction of sp³-hybridized carbons (Fsp3) is 0.125. The molecule has 0 radical (unpaired) electrons. The summed E-state index contributed by atoms with van der Waals surface area (Å²) in [6, 6.07) is 14.1. The lowest BCUT2D eigenvalue weighted by Gasteiger charge is -2.10. The lowest BCUT2D eigenvalue weighted by atomic mass is 10.1. The van der Waals surface area contributed by atoms with Crippen molar-refractivity contribution in [1.29, 1.82) is 0 Å². The van der Waals surface area contributed by atoms with Crippen LogP contribution in [0.5, 0.6) is 0 Å². The van der Waals surface area contributed by atoms with Gasteiger partial charge in [0, 0.05) is 10.2 Å². The van der Waals surface area contributed by atoms with Crippen molar-refractivity contribution in [1.82, 2.24) is 5.43 Å². The van der Waals surface area contributed by atoms with Crippen molar-refractivity contribution in [2.45, 2.75) is 13.8 Å². The minimum absolute atomic E-state index is 0.470. The van der Waals surface area contributed by atoms with Crippen LogP contribution in [-0.4, -0.2) is 11.3 Å². The maximum Gasteiger partial charge on any atom is 0.191 e. The second-order valence-corrected chi connectivity index (χ2v) is 6.02. The Hall–Kier alpha value is -1.72. The Morgan fingerprint density at radius 2 is 1.86 bits per heavy atom. The number of hydrogen-bond acceptors (Lipinski definition) is 2. The zero-order valence-electron chi connectivity index (χ0n) is 11.9. The van der Waals surface area contributed by atoms with Gasteiger partial charge in [-0.3, -0.25) is 5.43 Å². The molecule has 2 rings (SSSR count). The molecule has 0 fully saturated rings. The van der Waals surface area contributed by atoms with E-state index in [0.29, 0.717) is 5.11 Å². The Morgan fingerprint density at radius 1 is 1.14 bits per heavy atom. The lowest BCUT2D eigenvalue weighted by molar-refractivity contribution is 1.05. The van der Waals surface area contributed by atoms with E-state index in [9.17, 15) is 0 Å². The Labute approximate surface area is 138 Å². The molecular weight excluding hydrogens is 346 g/mol. The zero-order valence-corrected chi connectivity index (χ0v) is 14.3. The van der Waals surface area contributed by atoms with Crippen LogP contribution < -0.4 is 10.7 Å². The minimum Gasteiger partial charge on any atom is -0.331 e. The number of anilines is 1. The van der Waals surface area contributed by atoms with Crippen molar-refractivity contribution in [3.63, 3.8) is 0 Å². The van der Waals surface area contributed by atoms with Gasteiger partial charge in [-0.1, -0.05) is 40.2 Å². The minimum atomic E-state index is 0.470. The van der Waals surface area contributed by atoms with Gasteiger partial charge in [-0.15, -0.1) is 0 Å². The van der Waals surface area contributed by atoms with E-state index >= 15 is 0 Å². The molecule has 0 atom stereocenters. The van der Waals surface area contributed by atoms with Crippen LogP contribution in [0.4, 0.5) is 5.69 Å². The van der Waals surface area contributed by atoms with Gasteiger partial charge in [0.15, 0.2) is 5.11 Å². The Bertz CT molecular complexity index is 666. The maximum atomic E-state index is 5.23. The fourth-order valence-corrected chi connectivity index (χ4v) is 2.16. The molecule has 3 nitrogen and oxygen atoms in total. The molecule has 0 saturated heterocycles. The molecule has 0 saturated carbocycles. The first-order chi connectivity index (χ1) is 10.0. The number of hydrogen-bond donors (Lipinski definition) is 2. The summed E-state index contributed by atoms with van der Waals surface area (Å²) < 4.78 is 1.04. The SMILES string of the molecule is Cc1ccc(C)c(NC(=S)N/N=C\c2ccc(Br)cc2)c1. The normalized spacial score (nSPS) is 10.6. The number of hydrazone groups is 1. The summed E-state index contributed by atoms with van der Waals surface area (Å²) in [6.07, 6.45) is 1.73. The van der Waals surface area contributed by atoms with Gasteiger partial charge < -0.3 is 5.32 Å². The summed E-state index contributed by atoms with van der Waals surface area (Å²) in [6.45, 7) is 4.09. The third-order valence-electron chi connectivity index (χ3n) is 2.89. The molecule has 2 N–H and O–H groups in total. The number of nitrogens with zero attached hydrogens (tertiary/aromatic N) is 1. The fourth-order valence-electron chi connectivity index (χ4n) is 1.74. The molecule has 2 aromatic rings. The van der Waals surface area contributed by atoms with Crippen LogP contribution in [-0.2, 0) is 0 Å². The van der Waals surface area contributed by atoms with Gasteiger partial charge >= 0.3 is 0 Å². The van der Waals surface area contributed by atoms with Gasteiger partial charge in [0.2, 0.25) is 0 Å². The third kappa shape index (κ3) is 4.95. The molecule has 0 aliphatic carbocycles. The lowest BCUT2D eigenvalue weighted by Crippen LogP contribution is -2.24. The molecule has 108 valence electrons. The summed E-state index contributed by atoms with van der Waals surface area (Å²) in [4.78, 5) is 0. The van der Waals surface area contributed by atoms with E-state index in [2.05, 4.69) is 50.0 Å².